The zero-order chi connectivity index (χ0) is 15.2. The number of hydrogen-bond donors (Lipinski definition) is 1. The van der Waals surface area contributed by atoms with Gasteiger partial charge in [0, 0.05) is 12.6 Å². The van der Waals surface area contributed by atoms with Gasteiger partial charge < -0.3 is 10.2 Å². The van der Waals surface area contributed by atoms with E-state index in [-0.39, 0.29) is 12.1 Å². The third-order valence-electron chi connectivity index (χ3n) is 4.15. The van der Waals surface area contributed by atoms with Crippen LogP contribution in [0, 0.1) is 6.92 Å². The smallest absolute Gasteiger partial charge is 0.122 e. The molecule has 0 aliphatic rings. The van der Waals surface area contributed by atoms with Gasteiger partial charge in [0.1, 0.15) is 5.76 Å². The summed E-state index contributed by atoms with van der Waals surface area (Å²) in [5.41, 5.74) is 9.04. The minimum absolute atomic E-state index is 0.0696. The minimum atomic E-state index is 0.0696. The SMILES string of the molecule is CCC(N)C(c1ccco1)N(CC)Cc1ccccc1C. The van der Waals surface area contributed by atoms with Crippen LogP contribution in [0.1, 0.15) is 43.2 Å². The number of rotatable bonds is 7. The Kier molecular flexibility index (Phi) is 5.59. The second kappa shape index (κ2) is 7.43. The molecule has 0 saturated carbocycles. The summed E-state index contributed by atoms with van der Waals surface area (Å²) in [6.45, 7) is 8.29. The van der Waals surface area contributed by atoms with Gasteiger partial charge in [-0.25, -0.2) is 0 Å². The molecule has 2 aromatic rings. The molecule has 0 radical (unpaired) electrons. The summed E-state index contributed by atoms with van der Waals surface area (Å²) in [5, 5.41) is 0. The zero-order valence-corrected chi connectivity index (χ0v) is 13.3. The Bertz CT molecular complexity index is 536. The quantitative estimate of drug-likeness (QED) is 0.839. The van der Waals surface area contributed by atoms with Gasteiger partial charge in [-0.3, -0.25) is 4.90 Å². The van der Waals surface area contributed by atoms with Crippen molar-refractivity contribution in [3.63, 3.8) is 0 Å². The zero-order valence-electron chi connectivity index (χ0n) is 13.3. The van der Waals surface area contributed by atoms with E-state index in [1.54, 1.807) is 6.26 Å². The fourth-order valence-corrected chi connectivity index (χ4v) is 2.76. The number of furan rings is 1. The van der Waals surface area contributed by atoms with Gasteiger partial charge in [-0.15, -0.1) is 0 Å². The standard InChI is InChI=1S/C18H26N2O/c1-4-16(19)18(17-11-8-12-21-17)20(5-2)13-15-10-7-6-9-14(15)3/h6-12,16,18H,4-5,13,19H2,1-3H3. The Morgan fingerprint density at radius 2 is 1.90 bits per heavy atom. The van der Waals surface area contributed by atoms with Crippen molar-refractivity contribution in [1.29, 1.82) is 0 Å². The lowest BCUT2D eigenvalue weighted by Gasteiger charge is -2.33. The molecule has 0 amide bonds. The van der Waals surface area contributed by atoms with E-state index in [0.29, 0.717) is 0 Å². The van der Waals surface area contributed by atoms with Crippen LogP contribution in [-0.2, 0) is 6.54 Å². The summed E-state index contributed by atoms with van der Waals surface area (Å²) in [5.74, 6) is 0.958. The number of aryl methyl sites for hydroxylation is 1. The van der Waals surface area contributed by atoms with Gasteiger partial charge >= 0.3 is 0 Å². The normalized spacial score (nSPS) is 14.3. The predicted molar refractivity (Wildman–Crippen MR) is 87.0 cm³/mol. The molecule has 1 aromatic carbocycles. The van der Waals surface area contributed by atoms with Gasteiger partial charge in [-0.2, -0.15) is 0 Å². The first-order valence-electron chi connectivity index (χ1n) is 7.74. The van der Waals surface area contributed by atoms with Crippen LogP contribution in [0.25, 0.3) is 0 Å². The molecule has 0 spiro atoms. The van der Waals surface area contributed by atoms with Crippen LogP contribution in [0.4, 0.5) is 0 Å². The highest BCUT2D eigenvalue weighted by atomic mass is 16.3. The third-order valence-corrected chi connectivity index (χ3v) is 4.15. The maximum Gasteiger partial charge on any atom is 0.122 e. The highest BCUT2D eigenvalue weighted by Gasteiger charge is 2.27. The van der Waals surface area contributed by atoms with Crippen LogP contribution in [-0.4, -0.2) is 17.5 Å². The molecule has 2 unspecified atom stereocenters. The van der Waals surface area contributed by atoms with Gasteiger partial charge in [0.15, 0.2) is 0 Å². The lowest BCUT2D eigenvalue weighted by atomic mass is 10.0. The Hall–Kier alpha value is -1.58. The number of benzene rings is 1. The van der Waals surface area contributed by atoms with E-state index in [9.17, 15) is 0 Å². The van der Waals surface area contributed by atoms with Crippen molar-refractivity contribution in [2.45, 2.75) is 45.8 Å². The van der Waals surface area contributed by atoms with Crippen LogP contribution in [0.5, 0.6) is 0 Å². The Morgan fingerprint density at radius 3 is 2.48 bits per heavy atom. The Morgan fingerprint density at radius 1 is 1.14 bits per heavy atom. The number of nitrogens with zero attached hydrogens (tertiary/aromatic N) is 1. The average molecular weight is 286 g/mol. The number of hydrogen-bond acceptors (Lipinski definition) is 3. The molecule has 3 heteroatoms. The summed E-state index contributed by atoms with van der Waals surface area (Å²) in [6, 6.07) is 12.7. The van der Waals surface area contributed by atoms with Crippen molar-refractivity contribution in [2.24, 2.45) is 5.73 Å². The van der Waals surface area contributed by atoms with Gasteiger partial charge in [0.05, 0.1) is 12.3 Å². The Labute approximate surface area is 127 Å². The highest BCUT2D eigenvalue weighted by molar-refractivity contribution is 5.25. The van der Waals surface area contributed by atoms with Crippen LogP contribution in [0.2, 0.25) is 0 Å². The van der Waals surface area contributed by atoms with Crippen LogP contribution < -0.4 is 5.73 Å². The van der Waals surface area contributed by atoms with E-state index in [0.717, 1.165) is 25.3 Å². The second-order valence-electron chi connectivity index (χ2n) is 5.52. The minimum Gasteiger partial charge on any atom is -0.468 e. The topological polar surface area (TPSA) is 42.4 Å². The van der Waals surface area contributed by atoms with Crippen molar-refractivity contribution in [3.8, 4) is 0 Å². The van der Waals surface area contributed by atoms with Crippen LogP contribution in [0.3, 0.4) is 0 Å². The monoisotopic (exact) mass is 286 g/mol. The van der Waals surface area contributed by atoms with E-state index >= 15 is 0 Å². The molecule has 0 bridgehead atoms. The van der Waals surface area contributed by atoms with Crippen LogP contribution in [0.15, 0.2) is 47.1 Å². The van der Waals surface area contributed by atoms with Gasteiger partial charge in [0.2, 0.25) is 0 Å². The summed E-state index contributed by atoms with van der Waals surface area (Å²) < 4.78 is 5.65. The molecular formula is C18H26N2O. The second-order valence-corrected chi connectivity index (χ2v) is 5.52. The van der Waals surface area contributed by atoms with Crippen molar-refractivity contribution in [3.05, 3.63) is 59.5 Å². The van der Waals surface area contributed by atoms with Gasteiger partial charge in [-0.1, -0.05) is 38.1 Å². The fraction of sp³-hybridized carbons (Fsp3) is 0.444. The summed E-state index contributed by atoms with van der Waals surface area (Å²) in [7, 11) is 0. The van der Waals surface area contributed by atoms with E-state index < -0.39 is 0 Å². The summed E-state index contributed by atoms with van der Waals surface area (Å²) in [6.07, 6.45) is 2.65. The molecule has 0 fully saturated rings. The first-order valence-corrected chi connectivity index (χ1v) is 7.74. The van der Waals surface area contributed by atoms with Gasteiger partial charge in [-0.05, 0) is 43.1 Å². The van der Waals surface area contributed by atoms with E-state index in [1.807, 2.05) is 12.1 Å². The van der Waals surface area contributed by atoms with Gasteiger partial charge in [0.25, 0.3) is 0 Å². The van der Waals surface area contributed by atoms with Crippen molar-refractivity contribution in [1.82, 2.24) is 4.90 Å². The molecule has 3 nitrogen and oxygen atoms in total. The number of nitrogens with two attached hydrogens (primary N) is 1. The maximum atomic E-state index is 6.37. The van der Waals surface area contributed by atoms with Crippen molar-refractivity contribution in [2.75, 3.05) is 6.54 Å². The number of likely N-dealkylation sites (N-methyl/N-ethyl adjacent to an activating group) is 1. The maximum absolute atomic E-state index is 6.37. The molecule has 0 aliphatic carbocycles. The van der Waals surface area contributed by atoms with Crippen molar-refractivity contribution < 1.29 is 4.42 Å². The van der Waals surface area contributed by atoms with E-state index in [2.05, 4.69) is 49.9 Å². The first-order chi connectivity index (χ1) is 10.2. The predicted octanol–water partition coefficient (Wildman–Crippen LogP) is 3.89. The third kappa shape index (κ3) is 3.74. The molecule has 0 saturated heterocycles. The highest BCUT2D eigenvalue weighted by Crippen LogP contribution is 2.27. The molecule has 2 atom stereocenters. The largest absolute Gasteiger partial charge is 0.468 e. The molecule has 0 aliphatic heterocycles. The molecule has 2 N–H and O–H groups in total. The lowest BCUT2D eigenvalue weighted by Crippen LogP contribution is -2.40. The molecular weight excluding hydrogens is 260 g/mol. The Balaban J connectivity index is 2.26. The fourth-order valence-electron chi connectivity index (χ4n) is 2.76. The average Bonchev–Trinajstić information content (AvgIpc) is 3.02. The van der Waals surface area contributed by atoms with Crippen LogP contribution >= 0.6 is 0 Å². The molecule has 1 heterocycles. The molecule has 2 rings (SSSR count). The summed E-state index contributed by atoms with van der Waals surface area (Å²) in [4.78, 5) is 2.40. The summed E-state index contributed by atoms with van der Waals surface area (Å²) >= 11 is 0. The molecule has 21 heavy (non-hydrogen) atoms. The molecule has 114 valence electrons. The van der Waals surface area contributed by atoms with E-state index in [4.69, 9.17) is 10.2 Å². The lowest BCUT2D eigenvalue weighted by molar-refractivity contribution is 0.147. The first kappa shape index (κ1) is 15.8. The van der Waals surface area contributed by atoms with Crippen molar-refractivity contribution >= 4 is 0 Å². The van der Waals surface area contributed by atoms with E-state index in [1.165, 1.54) is 11.1 Å². The molecule has 1 aromatic heterocycles.